The fourth-order valence-corrected chi connectivity index (χ4v) is 2.51. The summed E-state index contributed by atoms with van der Waals surface area (Å²) in [4.78, 5) is 2.49. The number of hydrogen-bond acceptors (Lipinski definition) is 3. The Kier molecular flexibility index (Phi) is 3.06. The second-order valence-electron chi connectivity index (χ2n) is 5.19. The van der Waals surface area contributed by atoms with Gasteiger partial charge in [-0.3, -0.25) is 0 Å². The Balaban J connectivity index is 1.93. The topological polar surface area (TPSA) is 21.7 Å². The van der Waals surface area contributed by atoms with Crippen LogP contribution in [-0.4, -0.2) is 42.0 Å². The van der Waals surface area contributed by atoms with Crippen molar-refractivity contribution in [2.24, 2.45) is 0 Å². The predicted molar refractivity (Wildman–Crippen MR) is 59.8 cm³/mol. The zero-order chi connectivity index (χ0) is 11.1. The van der Waals surface area contributed by atoms with Crippen LogP contribution in [0.1, 0.15) is 40.5 Å². The SMILES string of the molecule is CC1OC2(CCN(C(C)C)CC2)OC1C. The quantitative estimate of drug-likeness (QED) is 0.665. The van der Waals surface area contributed by atoms with Crippen molar-refractivity contribution in [1.29, 1.82) is 0 Å². The maximum atomic E-state index is 5.98. The van der Waals surface area contributed by atoms with Crippen molar-refractivity contribution < 1.29 is 9.47 Å². The van der Waals surface area contributed by atoms with Gasteiger partial charge in [-0.15, -0.1) is 0 Å². The molecule has 3 nitrogen and oxygen atoms in total. The maximum Gasteiger partial charge on any atom is 0.171 e. The van der Waals surface area contributed by atoms with E-state index in [1.54, 1.807) is 0 Å². The van der Waals surface area contributed by atoms with E-state index in [1.807, 2.05) is 0 Å². The molecule has 2 aliphatic heterocycles. The van der Waals surface area contributed by atoms with Crippen molar-refractivity contribution in [3.63, 3.8) is 0 Å². The lowest BCUT2D eigenvalue weighted by Crippen LogP contribution is -2.47. The summed E-state index contributed by atoms with van der Waals surface area (Å²) in [5.41, 5.74) is 0. The van der Waals surface area contributed by atoms with Crippen LogP contribution >= 0.6 is 0 Å². The minimum atomic E-state index is -0.260. The average Bonchev–Trinajstić information content (AvgIpc) is 2.43. The Bertz CT molecular complexity index is 210. The number of nitrogens with zero attached hydrogens (tertiary/aromatic N) is 1. The maximum absolute atomic E-state index is 5.98. The summed E-state index contributed by atoms with van der Waals surface area (Å²) in [6.07, 6.45) is 2.52. The second-order valence-corrected chi connectivity index (χ2v) is 5.19. The first-order valence-corrected chi connectivity index (χ1v) is 6.12. The Morgan fingerprint density at radius 3 is 1.93 bits per heavy atom. The van der Waals surface area contributed by atoms with Crippen LogP contribution in [0.2, 0.25) is 0 Å². The highest BCUT2D eigenvalue weighted by molar-refractivity contribution is 4.88. The number of rotatable bonds is 1. The van der Waals surface area contributed by atoms with E-state index >= 15 is 0 Å². The van der Waals surface area contributed by atoms with E-state index < -0.39 is 0 Å². The molecule has 2 rings (SSSR count). The summed E-state index contributed by atoms with van der Waals surface area (Å²) in [6.45, 7) is 10.9. The molecule has 0 N–H and O–H groups in total. The number of likely N-dealkylation sites (tertiary alicyclic amines) is 1. The minimum absolute atomic E-state index is 0.246. The van der Waals surface area contributed by atoms with Crippen LogP contribution in [-0.2, 0) is 9.47 Å². The number of ether oxygens (including phenoxy) is 2. The lowest BCUT2D eigenvalue weighted by atomic mass is 10.0. The van der Waals surface area contributed by atoms with E-state index in [0.29, 0.717) is 6.04 Å². The summed E-state index contributed by atoms with van der Waals surface area (Å²) in [6, 6.07) is 0.638. The standard InChI is InChI=1S/C12H23NO2/c1-9(2)13-7-5-12(6-8-13)14-10(3)11(4)15-12/h9-11H,5-8H2,1-4H3. The third kappa shape index (κ3) is 2.19. The monoisotopic (exact) mass is 213 g/mol. The summed E-state index contributed by atoms with van der Waals surface area (Å²) < 4.78 is 12.0. The zero-order valence-electron chi connectivity index (χ0n) is 10.3. The van der Waals surface area contributed by atoms with Crippen molar-refractivity contribution in [2.45, 2.75) is 64.6 Å². The van der Waals surface area contributed by atoms with E-state index in [4.69, 9.17) is 9.47 Å². The normalized spacial score (nSPS) is 36.6. The molecular weight excluding hydrogens is 190 g/mol. The van der Waals surface area contributed by atoms with E-state index in [9.17, 15) is 0 Å². The molecule has 2 fully saturated rings. The van der Waals surface area contributed by atoms with Gasteiger partial charge in [0, 0.05) is 32.0 Å². The van der Waals surface area contributed by atoms with Crippen molar-refractivity contribution in [3.05, 3.63) is 0 Å². The van der Waals surface area contributed by atoms with Crippen LogP contribution in [0.3, 0.4) is 0 Å². The molecule has 2 unspecified atom stereocenters. The average molecular weight is 213 g/mol. The van der Waals surface area contributed by atoms with Crippen molar-refractivity contribution >= 4 is 0 Å². The molecule has 2 aliphatic rings. The molecule has 2 heterocycles. The summed E-state index contributed by atoms with van der Waals surface area (Å²) in [5, 5.41) is 0. The van der Waals surface area contributed by atoms with E-state index in [-0.39, 0.29) is 18.0 Å². The fourth-order valence-electron chi connectivity index (χ4n) is 2.51. The molecule has 2 saturated heterocycles. The first kappa shape index (κ1) is 11.4. The van der Waals surface area contributed by atoms with Gasteiger partial charge in [0.2, 0.25) is 0 Å². The van der Waals surface area contributed by atoms with Crippen LogP contribution in [0.25, 0.3) is 0 Å². The molecule has 0 aromatic heterocycles. The largest absolute Gasteiger partial charge is 0.344 e. The van der Waals surface area contributed by atoms with Gasteiger partial charge in [-0.25, -0.2) is 0 Å². The van der Waals surface area contributed by atoms with Gasteiger partial charge in [0.25, 0.3) is 0 Å². The number of piperidine rings is 1. The molecule has 0 aliphatic carbocycles. The summed E-state index contributed by atoms with van der Waals surface area (Å²) in [5.74, 6) is -0.260. The zero-order valence-corrected chi connectivity index (χ0v) is 10.3. The van der Waals surface area contributed by atoms with E-state index in [0.717, 1.165) is 25.9 Å². The molecule has 0 aromatic rings. The molecular formula is C12H23NO2. The first-order chi connectivity index (χ1) is 7.02. The molecule has 2 atom stereocenters. The summed E-state index contributed by atoms with van der Waals surface area (Å²) >= 11 is 0. The molecule has 0 bridgehead atoms. The van der Waals surface area contributed by atoms with Crippen LogP contribution in [0.15, 0.2) is 0 Å². The summed E-state index contributed by atoms with van der Waals surface area (Å²) in [7, 11) is 0. The van der Waals surface area contributed by atoms with Crippen molar-refractivity contribution in [1.82, 2.24) is 4.90 Å². The minimum Gasteiger partial charge on any atom is -0.344 e. The predicted octanol–water partition coefficient (Wildman–Crippen LogP) is 2.01. The highest BCUT2D eigenvalue weighted by atomic mass is 16.8. The molecule has 0 aromatic carbocycles. The molecule has 0 radical (unpaired) electrons. The first-order valence-electron chi connectivity index (χ1n) is 6.12. The van der Waals surface area contributed by atoms with Gasteiger partial charge < -0.3 is 14.4 Å². The lowest BCUT2D eigenvalue weighted by molar-refractivity contribution is -0.201. The molecule has 15 heavy (non-hydrogen) atoms. The molecule has 0 amide bonds. The fraction of sp³-hybridized carbons (Fsp3) is 1.00. The van der Waals surface area contributed by atoms with Crippen molar-refractivity contribution in [3.8, 4) is 0 Å². The number of hydrogen-bond donors (Lipinski definition) is 0. The van der Waals surface area contributed by atoms with Gasteiger partial charge in [0.15, 0.2) is 5.79 Å². The highest BCUT2D eigenvalue weighted by Gasteiger charge is 2.45. The van der Waals surface area contributed by atoms with Gasteiger partial charge in [-0.1, -0.05) is 0 Å². The van der Waals surface area contributed by atoms with Gasteiger partial charge in [0.05, 0.1) is 12.2 Å². The third-order valence-electron chi connectivity index (χ3n) is 3.75. The Morgan fingerprint density at radius 2 is 1.53 bits per heavy atom. The van der Waals surface area contributed by atoms with Gasteiger partial charge in [0.1, 0.15) is 0 Å². The van der Waals surface area contributed by atoms with Crippen LogP contribution in [0.4, 0.5) is 0 Å². The Hall–Kier alpha value is -0.120. The molecule has 88 valence electrons. The van der Waals surface area contributed by atoms with E-state index in [2.05, 4.69) is 32.6 Å². The van der Waals surface area contributed by atoms with Crippen LogP contribution < -0.4 is 0 Å². The van der Waals surface area contributed by atoms with Crippen LogP contribution in [0.5, 0.6) is 0 Å². The molecule has 0 saturated carbocycles. The smallest absolute Gasteiger partial charge is 0.171 e. The van der Waals surface area contributed by atoms with E-state index in [1.165, 1.54) is 0 Å². The molecule has 3 heteroatoms. The third-order valence-corrected chi connectivity index (χ3v) is 3.75. The van der Waals surface area contributed by atoms with Gasteiger partial charge >= 0.3 is 0 Å². The Labute approximate surface area is 92.7 Å². The van der Waals surface area contributed by atoms with Gasteiger partial charge in [-0.05, 0) is 27.7 Å². The van der Waals surface area contributed by atoms with Crippen LogP contribution in [0, 0.1) is 0 Å². The lowest BCUT2D eigenvalue weighted by Gasteiger charge is -2.39. The van der Waals surface area contributed by atoms with Gasteiger partial charge in [-0.2, -0.15) is 0 Å². The molecule has 1 spiro atoms. The Morgan fingerprint density at radius 1 is 1.07 bits per heavy atom. The van der Waals surface area contributed by atoms with Crippen molar-refractivity contribution in [2.75, 3.05) is 13.1 Å². The second kappa shape index (κ2) is 4.04. The highest BCUT2D eigenvalue weighted by Crippen LogP contribution is 2.37.